The number of furan rings is 1. The molecule has 0 saturated carbocycles. The van der Waals surface area contributed by atoms with Crippen LogP contribution < -0.4 is 0 Å². The van der Waals surface area contributed by atoms with Crippen molar-refractivity contribution >= 4 is 43.7 Å². The summed E-state index contributed by atoms with van der Waals surface area (Å²) in [5.41, 5.74) is 9.36. The molecule has 2 heterocycles. The molecule has 182 valence electrons. The summed E-state index contributed by atoms with van der Waals surface area (Å²) in [4.78, 5) is 8.88. The highest BCUT2D eigenvalue weighted by Gasteiger charge is 2.18. The summed E-state index contributed by atoms with van der Waals surface area (Å²) >= 11 is 0. The summed E-state index contributed by atoms with van der Waals surface area (Å²) < 4.78 is 5.93. The molecule has 0 unspecified atom stereocenters. The van der Waals surface area contributed by atoms with Gasteiger partial charge in [0.15, 0.2) is 0 Å². The SMILES string of the molecule is c1ccc(-c2c3ccccc3c(-c3ccccc3)c3cc(-c4ccc5oc6nccnc6c5c4)ccc23)cc1. The van der Waals surface area contributed by atoms with E-state index in [1.807, 2.05) is 6.07 Å². The molecule has 0 fully saturated rings. The third kappa shape index (κ3) is 3.44. The fourth-order valence-electron chi connectivity index (χ4n) is 5.86. The smallest absolute Gasteiger partial charge is 0.246 e. The molecule has 3 heteroatoms. The second-order valence-electron chi connectivity index (χ2n) is 9.81. The highest BCUT2D eigenvalue weighted by Crippen LogP contribution is 2.45. The van der Waals surface area contributed by atoms with Gasteiger partial charge in [0.1, 0.15) is 11.1 Å². The Hall–Kier alpha value is -5.28. The van der Waals surface area contributed by atoms with Crippen molar-refractivity contribution in [2.24, 2.45) is 0 Å². The lowest BCUT2D eigenvalue weighted by molar-refractivity contribution is 0.653. The summed E-state index contributed by atoms with van der Waals surface area (Å²) in [5.74, 6) is 0. The fourth-order valence-corrected chi connectivity index (χ4v) is 5.86. The van der Waals surface area contributed by atoms with Crippen molar-refractivity contribution in [2.75, 3.05) is 0 Å². The van der Waals surface area contributed by atoms with E-state index in [4.69, 9.17) is 4.42 Å². The Morgan fingerprint density at radius 2 is 0.949 bits per heavy atom. The number of hydrogen-bond donors (Lipinski definition) is 0. The van der Waals surface area contributed by atoms with Gasteiger partial charge in [-0.05, 0) is 73.1 Å². The van der Waals surface area contributed by atoms with Gasteiger partial charge in [0, 0.05) is 17.8 Å². The molecule has 0 amide bonds. The van der Waals surface area contributed by atoms with Crippen LogP contribution >= 0.6 is 0 Å². The highest BCUT2D eigenvalue weighted by atomic mass is 16.3. The van der Waals surface area contributed by atoms with Crippen molar-refractivity contribution in [3.63, 3.8) is 0 Å². The van der Waals surface area contributed by atoms with E-state index in [0.29, 0.717) is 5.71 Å². The van der Waals surface area contributed by atoms with E-state index in [2.05, 4.69) is 125 Å². The van der Waals surface area contributed by atoms with Gasteiger partial charge in [-0.15, -0.1) is 0 Å². The molecular formula is C36H22N2O. The van der Waals surface area contributed by atoms with Gasteiger partial charge < -0.3 is 4.42 Å². The molecule has 0 N–H and O–H groups in total. The number of rotatable bonds is 3. The Morgan fingerprint density at radius 3 is 1.64 bits per heavy atom. The number of benzene rings is 6. The van der Waals surface area contributed by atoms with Crippen LogP contribution in [-0.2, 0) is 0 Å². The molecule has 2 aromatic heterocycles. The average Bonchev–Trinajstić information content (AvgIpc) is 3.38. The van der Waals surface area contributed by atoms with E-state index in [0.717, 1.165) is 27.6 Å². The first-order valence-corrected chi connectivity index (χ1v) is 13.1. The summed E-state index contributed by atoms with van der Waals surface area (Å²) in [6, 6.07) is 43.3. The standard InChI is InChI=1S/C36H22N2O/c1-3-9-23(10-4-1)33-27-13-7-8-14-28(27)34(24-11-5-2-6-12-24)30-21-25(15-17-29(30)33)26-16-18-32-31(22-26)35-36(39-32)38-20-19-37-35/h1-22H. The maximum absolute atomic E-state index is 5.93. The van der Waals surface area contributed by atoms with Crippen molar-refractivity contribution < 1.29 is 4.42 Å². The van der Waals surface area contributed by atoms with Crippen molar-refractivity contribution in [3.8, 4) is 33.4 Å². The van der Waals surface area contributed by atoms with Crippen LogP contribution in [0, 0.1) is 0 Å². The predicted molar refractivity (Wildman–Crippen MR) is 161 cm³/mol. The van der Waals surface area contributed by atoms with Crippen molar-refractivity contribution in [1.82, 2.24) is 9.97 Å². The first kappa shape index (κ1) is 21.8. The van der Waals surface area contributed by atoms with Gasteiger partial charge in [0.2, 0.25) is 5.71 Å². The Kier molecular flexibility index (Phi) is 4.82. The van der Waals surface area contributed by atoms with Crippen LogP contribution in [0.5, 0.6) is 0 Å². The van der Waals surface area contributed by atoms with Gasteiger partial charge in [0.05, 0.1) is 0 Å². The Labute approximate surface area is 225 Å². The van der Waals surface area contributed by atoms with Gasteiger partial charge in [-0.2, -0.15) is 0 Å². The normalized spacial score (nSPS) is 11.6. The minimum atomic E-state index is 0.563. The van der Waals surface area contributed by atoms with E-state index in [1.165, 1.54) is 43.8 Å². The zero-order valence-electron chi connectivity index (χ0n) is 21.0. The van der Waals surface area contributed by atoms with Crippen LogP contribution in [0.2, 0.25) is 0 Å². The second-order valence-corrected chi connectivity index (χ2v) is 9.81. The molecule has 0 bridgehead atoms. The zero-order chi connectivity index (χ0) is 25.8. The van der Waals surface area contributed by atoms with Crippen LogP contribution in [-0.4, -0.2) is 9.97 Å². The monoisotopic (exact) mass is 498 g/mol. The van der Waals surface area contributed by atoms with Gasteiger partial charge in [-0.3, -0.25) is 0 Å². The largest absolute Gasteiger partial charge is 0.436 e. The molecule has 0 atom stereocenters. The van der Waals surface area contributed by atoms with E-state index in [-0.39, 0.29) is 0 Å². The molecule has 0 saturated heterocycles. The lowest BCUT2D eigenvalue weighted by Crippen LogP contribution is -1.91. The number of hydrogen-bond acceptors (Lipinski definition) is 3. The maximum atomic E-state index is 5.93. The predicted octanol–water partition coefficient (Wildman–Crippen LogP) is 9.68. The minimum Gasteiger partial charge on any atom is -0.436 e. The van der Waals surface area contributed by atoms with Crippen molar-refractivity contribution in [2.45, 2.75) is 0 Å². The molecule has 0 aliphatic carbocycles. The van der Waals surface area contributed by atoms with Crippen LogP contribution in [0.3, 0.4) is 0 Å². The summed E-state index contributed by atoms with van der Waals surface area (Å²) in [6.07, 6.45) is 3.37. The summed E-state index contributed by atoms with van der Waals surface area (Å²) in [5, 5.41) is 5.95. The number of aromatic nitrogens is 2. The summed E-state index contributed by atoms with van der Waals surface area (Å²) in [7, 11) is 0. The Bertz CT molecular complexity index is 2160. The third-order valence-corrected chi connectivity index (χ3v) is 7.59. The van der Waals surface area contributed by atoms with Gasteiger partial charge >= 0.3 is 0 Å². The van der Waals surface area contributed by atoms with Gasteiger partial charge in [-0.1, -0.05) is 103 Å². The summed E-state index contributed by atoms with van der Waals surface area (Å²) in [6.45, 7) is 0. The van der Waals surface area contributed by atoms with Crippen LogP contribution in [0.25, 0.3) is 77.1 Å². The van der Waals surface area contributed by atoms with Gasteiger partial charge in [-0.25, -0.2) is 9.97 Å². The van der Waals surface area contributed by atoms with E-state index >= 15 is 0 Å². The topological polar surface area (TPSA) is 38.9 Å². The molecule has 39 heavy (non-hydrogen) atoms. The van der Waals surface area contributed by atoms with Crippen molar-refractivity contribution in [3.05, 3.63) is 134 Å². The van der Waals surface area contributed by atoms with E-state index in [9.17, 15) is 0 Å². The molecule has 0 spiro atoms. The molecule has 0 aliphatic heterocycles. The average molecular weight is 499 g/mol. The fraction of sp³-hybridized carbons (Fsp3) is 0. The van der Waals surface area contributed by atoms with E-state index < -0.39 is 0 Å². The molecule has 3 nitrogen and oxygen atoms in total. The Morgan fingerprint density at radius 1 is 0.410 bits per heavy atom. The quantitative estimate of drug-likeness (QED) is 0.228. The molecule has 6 aromatic carbocycles. The van der Waals surface area contributed by atoms with Gasteiger partial charge in [0.25, 0.3) is 0 Å². The van der Waals surface area contributed by atoms with Crippen molar-refractivity contribution in [1.29, 1.82) is 0 Å². The molecule has 8 aromatic rings. The highest BCUT2D eigenvalue weighted by molar-refractivity contribution is 6.22. The number of nitrogens with zero attached hydrogens (tertiary/aromatic N) is 2. The lowest BCUT2D eigenvalue weighted by atomic mass is 9.85. The van der Waals surface area contributed by atoms with Crippen LogP contribution in [0.4, 0.5) is 0 Å². The van der Waals surface area contributed by atoms with Crippen LogP contribution in [0.1, 0.15) is 0 Å². The maximum Gasteiger partial charge on any atom is 0.246 e. The molecule has 0 aliphatic rings. The minimum absolute atomic E-state index is 0.563. The Balaban J connectivity index is 1.47. The third-order valence-electron chi connectivity index (χ3n) is 7.59. The first-order chi connectivity index (χ1) is 19.3. The molecule has 8 rings (SSSR count). The second kappa shape index (κ2) is 8.64. The number of fused-ring (bicyclic) bond motifs is 5. The molecular weight excluding hydrogens is 476 g/mol. The van der Waals surface area contributed by atoms with Crippen LogP contribution in [0.15, 0.2) is 138 Å². The first-order valence-electron chi connectivity index (χ1n) is 13.1. The zero-order valence-corrected chi connectivity index (χ0v) is 21.0. The lowest BCUT2D eigenvalue weighted by Gasteiger charge is -2.18. The molecule has 0 radical (unpaired) electrons. The van der Waals surface area contributed by atoms with E-state index in [1.54, 1.807) is 12.4 Å².